The van der Waals surface area contributed by atoms with Crippen LogP contribution >= 0.6 is 22.6 Å². The molecule has 0 fully saturated rings. The predicted octanol–water partition coefficient (Wildman–Crippen LogP) is 4.50. The average Bonchev–Trinajstić information content (AvgIpc) is 2.92. The fourth-order valence-electron chi connectivity index (χ4n) is 2.48. The molecule has 5 nitrogen and oxygen atoms in total. The lowest BCUT2D eigenvalue weighted by molar-refractivity contribution is -0.130. The maximum absolute atomic E-state index is 11.7. The molecule has 3 rings (SSSR count). The number of carbonyl (C=O) groups excluding carboxylic acids is 1. The van der Waals surface area contributed by atoms with Gasteiger partial charge < -0.3 is 14.2 Å². The Morgan fingerprint density at radius 3 is 2.54 bits per heavy atom. The van der Waals surface area contributed by atoms with Crippen LogP contribution in [0.25, 0.3) is 6.08 Å². The van der Waals surface area contributed by atoms with Gasteiger partial charge >= 0.3 is 5.97 Å². The third kappa shape index (κ3) is 4.24. The maximum atomic E-state index is 11.7. The summed E-state index contributed by atoms with van der Waals surface area (Å²) >= 11 is 2.19. The summed E-state index contributed by atoms with van der Waals surface area (Å²) in [6.45, 7) is 4.14. The van der Waals surface area contributed by atoms with E-state index in [1.54, 1.807) is 20.1 Å². The summed E-state index contributed by atoms with van der Waals surface area (Å²) in [5.41, 5.74) is 3.35. The van der Waals surface area contributed by atoms with E-state index in [0.29, 0.717) is 24.0 Å². The van der Waals surface area contributed by atoms with E-state index >= 15 is 0 Å². The largest absolute Gasteiger partial charge is 0.493 e. The van der Waals surface area contributed by atoms with Crippen LogP contribution in [-0.4, -0.2) is 19.0 Å². The average molecular weight is 463 g/mol. The smallest absolute Gasteiger partial charge is 0.363 e. The molecule has 1 aliphatic heterocycles. The SMILES string of the molecule is COc1cc(/C=C2/N=C(C)OC2=O)cc(I)c1OCc1ccc(C)cc1. The number of rotatable bonds is 5. The molecule has 6 heteroatoms. The van der Waals surface area contributed by atoms with Gasteiger partial charge in [-0.25, -0.2) is 9.79 Å². The van der Waals surface area contributed by atoms with Crippen LogP contribution in [0.3, 0.4) is 0 Å². The lowest BCUT2D eigenvalue weighted by atomic mass is 10.1. The molecule has 1 heterocycles. The van der Waals surface area contributed by atoms with Gasteiger partial charge in [0.05, 0.1) is 10.7 Å². The molecule has 0 aliphatic carbocycles. The molecule has 26 heavy (non-hydrogen) atoms. The zero-order valence-electron chi connectivity index (χ0n) is 14.7. The van der Waals surface area contributed by atoms with E-state index in [0.717, 1.165) is 14.7 Å². The van der Waals surface area contributed by atoms with Crippen molar-refractivity contribution in [3.05, 3.63) is 62.4 Å². The molecule has 0 atom stereocenters. The highest BCUT2D eigenvalue weighted by Gasteiger charge is 2.20. The van der Waals surface area contributed by atoms with Crippen molar-refractivity contribution in [2.75, 3.05) is 7.11 Å². The van der Waals surface area contributed by atoms with Crippen molar-refractivity contribution in [1.82, 2.24) is 0 Å². The minimum absolute atomic E-state index is 0.272. The number of nitrogens with zero attached hydrogens (tertiary/aromatic N) is 1. The first-order valence-corrected chi connectivity index (χ1v) is 9.09. The number of hydrogen-bond acceptors (Lipinski definition) is 5. The maximum Gasteiger partial charge on any atom is 0.363 e. The number of esters is 1. The fourth-order valence-corrected chi connectivity index (χ4v) is 3.26. The number of cyclic esters (lactones) is 1. The van der Waals surface area contributed by atoms with Gasteiger partial charge in [0.25, 0.3) is 0 Å². The second kappa shape index (κ2) is 7.90. The summed E-state index contributed by atoms with van der Waals surface area (Å²) in [7, 11) is 1.59. The Morgan fingerprint density at radius 1 is 1.19 bits per heavy atom. The zero-order valence-corrected chi connectivity index (χ0v) is 16.9. The van der Waals surface area contributed by atoms with Crippen LogP contribution in [0.4, 0.5) is 0 Å². The van der Waals surface area contributed by atoms with E-state index in [9.17, 15) is 4.79 Å². The quantitative estimate of drug-likeness (QED) is 0.372. The molecule has 0 amide bonds. The Hall–Kier alpha value is -2.35. The standard InChI is InChI=1S/C20H18INO4/c1-12-4-6-14(7-5-12)11-25-19-16(21)8-15(10-18(19)24-3)9-17-20(23)26-13(2)22-17/h4-10H,11H2,1-3H3/b17-9+. The Morgan fingerprint density at radius 2 is 1.92 bits per heavy atom. The van der Waals surface area contributed by atoms with Gasteiger partial charge in [-0.1, -0.05) is 29.8 Å². The highest BCUT2D eigenvalue weighted by molar-refractivity contribution is 14.1. The summed E-state index contributed by atoms with van der Waals surface area (Å²) in [6.07, 6.45) is 1.67. The molecule has 0 radical (unpaired) electrons. The first-order chi connectivity index (χ1) is 12.5. The second-order valence-electron chi connectivity index (χ2n) is 5.86. The highest BCUT2D eigenvalue weighted by atomic mass is 127. The molecule has 0 unspecified atom stereocenters. The first kappa shape index (κ1) is 18.4. The Kier molecular flexibility index (Phi) is 5.61. The number of benzene rings is 2. The van der Waals surface area contributed by atoms with Crippen molar-refractivity contribution in [1.29, 1.82) is 0 Å². The Labute approximate surface area is 165 Å². The number of ether oxygens (including phenoxy) is 3. The van der Waals surface area contributed by atoms with Crippen LogP contribution in [-0.2, 0) is 16.1 Å². The second-order valence-corrected chi connectivity index (χ2v) is 7.02. The summed E-state index contributed by atoms with van der Waals surface area (Å²) < 4.78 is 17.3. The van der Waals surface area contributed by atoms with Crippen molar-refractivity contribution in [2.45, 2.75) is 20.5 Å². The van der Waals surface area contributed by atoms with E-state index in [-0.39, 0.29) is 5.70 Å². The summed E-state index contributed by atoms with van der Waals surface area (Å²) in [4.78, 5) is 15.8. The molecule has 0 N–H and O–H groups in total. The van der Waals surface area contributed by atoms with Gasteiger partial charge in [-0.2, -0.15) is 0 Å². The minimum atomic E-state index is -0.448. The van der Waals surface area contributed by atoms with Gasteiger partial charge in [-0.05, 0) is 58.9 Å². The monoisotopic (exact) mass is 463 g/mol. The normalized spacial score (nSPS) is 15.0. The van der Waals surface area contributed by atoms with Gasteiger partial charge in [0, 0.05) is 6.92 Å². The molecule has 0 bridgehead atoms. The van der Waals surface area contributed by atoms with Crippen molar-refractivity contribution in [2.24, 2.45) is 4.99 Å². The van der Waals surface area contributed by atoms with E-state index < -0.39 is 5.97 Å². The molecular weight excluding hydrogens is 445 g/mol. The molecule has 0 spiro atoms. The third-order valence-corrected chi connectivity index (χ3v) is 4.59. The van der Waals surface area contributed by atoms with Crippen LogP contribution in [0.5, 0.6) is 11.5 Å². The van der Waals surface area contributed by atoms with Crippen molar-refractivity contribution >= 4 is 40.5 Å². The third-order valence-electron chi connectivity index (χ3n) is 3.79. The highest BCUT2D eigenvalue weighted by Crippen LogP contribution is 2.35. The number of halogens is 1. The van der Waals surface area contributed by atoms with Crippen LogP contribution in [0.2, 0.25) is 0 Å². The Balaban J connectivity index is 1.84. The lowest BCUT2D eigenvalue weighted by Crippen LogP contribution is -2.01. The van der Waals surface area contributed by atoms with Crippen LogP contribution in [0.1, 0.15) is 23.6 Å². The fraction of sp³-hybridized carbons (Fsp3) is 0.200. The number of aliphatic imine (C=N–C) groups is 1. The molecule has 0 saturated heterocycles. The van der Waals surface area contributed by atoms with E-state index in [2.05, 4.69) is 46.6 Å². The van der Waals surface area contributed by atoms with Gasteiger partial charge in [-0.15, -0.1) is 0 Å². The van der Waals surface area contributed by atoms with Crippen LogP contribution < -0.4 is 9.47 Å². The molecule has 2 aromatic carbocycles. The van der Waals surface area contributed by atoms with Crippen LogP contribution in [0.15, 0.2) is 47.1 Å². The summed E-state index contributed by atoms with van der Waals surface area (Å²) in [6, 6.07) is 11.9. The van der Waals surface area contributed by atoms with Crippen LogP contribution in [0, 0.1) is 10.5 Å². The lowest BCUT2D eigenvalue weighted by Gasteiger charge is -2.14. The molecule has 0 aromatic heterocycles. The van der Waals surface area contributed by atoms with E-state index in [1.807, 2.05) is 24.3 Å². The summed E-state index contributed by atoms with van der Waals surface area (Å²) in [5.74, 6) is 1.17. The van der Waals surface area contributed by atoms with E-state index in [1.165, 1.54) is 5.56 Å². The Bertz CT molecular complexity index is 901. The minimum Gasteiger partial charge on any atom is -0.493 e. The van der Waals surface area contributed by atoms with Gasteiger partial charge in [0.1, 0.15) is 6.61 Å². The van der Waals surface area contributed by atoms with Crippen molar-refractivity contribution in [3.63, 3.8) is 0 Å². The van der Waals surface area contributed by atoms with Crippen molar-refractivity contribution in [3.8, 4) is 11.5 Å². The van der Waals surface area contributed by atoms with E-state index in [4.69, 9.17) is 14.2 Å². The topological polar surface area (TPSA) is 57.1 Å². The number of methoxy groups -OCH3 is 1. The number of hydrogen-bond donors (Lipinski definition) is 0. The number of carbonyl (C=O) groups is 1. The molecular formula is C20H18INO4. The molecule has 134 valence electrons. The van der Waals surface area contributed by atoms with Gasteiger partial charge in [-0.3, -0.25) is 0 Å². The van der Waals surface area contributed by atoms with Gasteiger partial charge in [0.15, 0.2) is 23.1 Å². The molecule has 0 saturated carbocycles. The van der Waals surface area contributed by atoms with Crippen molar-refractivity contribution < 1.29 is 19.0 Å². The van der Waals surface area contributed by atoms with Gasteiger partial charge in [0.2, 0.25) is 0 Å². The first-order valence-electron chi connectivity index (χ1n) is 8.01. The predicted molar refractivity (Wildman–Crippen MR) is 108 cm³/mol. The zero-order chi connectivity index (χ0) is 18.7. The molecule has 2 aromatic rings. The number of aryl methyl sites for hydroxylation is 1. The summed E-state index contributed by atoms with van der Waals surface area (Å²) in [5, 5.41) is 0. The molecule has 1 aliphatic rings.